The minimum atomic E-state index is -4.20. The lowest BCUT2D eigenvalue weighted by atomic mass is 10.1. The molecule has 0 spiro atoms. The van der Waals surface area contributed by atoms with Crippen molar-refractivity contribution in [3.8, 4) is 0 Å². The highest BCUT2D eigenvalue weighted by Crippen LogP contribution is 2.33. The Balaban J connectivity index is 1.23. The van der Waals surface area contributed by atoms with Gasteiger partial charge in [-0.05, 0) is 13.3 Å². The van der Waals surface area contributed by atoms with Gasteiger partial charge in [0.2, 0.25) is 0 Å². The number of aromatic nitrogens is 4. The van der Waals surface area contributed by atoms with Crippen LogP contribution in [-0.2, 0) is 19.7 Å². The second-order valence-electron chi connectivity index (χ2n) is 8.64. The van der Waals surface area contributed by atoms with E-state index in [4.69, 9.17) is 15.2 Å². The number of nitrogens with one attached hydrogen (secondary N) is 3. The number of carbonyl (C=O) groups is 1. The monoisotopic (exact) mass is 529 g/mol. The van der Waals surface area contributed by atoms with Crippen molar-refractivity contribution in [2.75, 3.05) is 45.1 Å². The summed E-state index contributed by atoms with van der Waals surface area (Å²) in [6, 6.07) is 0.293. The zero-order chi connectivity index (χ0) is 25.9. The van der Waals surface area contributed by atoms with Crippen LogP contribution in [0.25, 0.3) is 11.2 Å². The standard InChI is InChI=1S/C19H31N9O7S/c1-11-8-21-4-5-27(11)6-7-34-19(31)26-36(32,33)25-3-2-12-14(29)15(30)18(35-12)28-10-24-13-16(20)22-9-23-17(13)28/h9-12,14-15,18,21,25,29-30H,2-8H2,1H3,(H,26,31)(H2,20,22,23)/t11?,12-,14-,15-,18-/m1/s1. The molecule has 2 aliphatic rings. The molecule has 36 heavy (non-hydrogen) atoms. The molecule has 200 valence electrons. The number of amides is 1. The number of ether oxygens (including phenoxy) is 2. The predicted octanol–water partition coefficient (Wildman–Crippen LogP) is -2.73. The second-order valence-corrected chi connectivity index (χ2v) is 10.1. The van der Waals surface area contributed by atoms with E-state index in [1.54, 1.807) is 4.72 Å². The van der Waals surface area contributed by atoms with Crippen LogP contribution in [0.15, 0.2) is 12.7 Å². The van der Waals surface area contributed by atoms with Crippen molar-refractivity contribution in [2.45, 2.75) is 43.9 Å². The maximum atomic E-state index is 12.2. The first-order valence-corrected chi connectivity index (χ1v) is 13.0. The maximum absolute atomic E-state index is 12.2. The van der Waals surface area contributed by atoms with E-state index in [0.29, 0.717) is 23.8 Å². The Morgan fingerprint density at radius 2 is 2.14 bits per heavy atom. The molecule has 5 atom stereocenters. The number of rotatable bonds is 9. The van der Waals surface area contributed by atoms with Gasteiger partial charge in [-0.3, -0.25) is 9.47 Å². The Bertz CT molecular complexity index is 1160. The quantitative estimate of drug-likeness (QED) is 0.195. The predicted molar refractivity (Wildman–Crippen MR) is 126 cm³/mol. The van der Waals surface area contributed by atoms with Gasteiger partial charge in [-0.15, -0.1) is 0 Å². The van der Waals surface area contributed by atoms with E-state index in [1.807, 2.05) is 0 Å². The first-order valence-electron chi connectivity index (χ1n) is 11.5. The lowest BCUT2D eigenvalue weighted by Gasteiger charge is -2.33. The summed E-state index contributed by atoms with van der Waals surface area (Å²) in [5.74, 6) is 0.155. The smallest absolute Gasteiger partial charge is 0.421 e. The summed E-state index contributed by atoms with van der Waals surface area (Å²) < 4.78 is 40.5. The normalized spacial score (nSPS) is 27.4. The van der Waals surface area contributed by atoms with Crippen LogP contribution in [0.4, 0.5) is 10.6 Å². The number of hydrogen-bond donors (Lipinski definition) is 6. The number of anilines is 1. The van der Waals surface area contributed by atoms with Gasteiger partial charge >= 0.3 is 16.3 Å². The molecule has 2 saturated heterocycles. The molecule has 0 saturated carbocycles. The highest BCUT2D eigenvalue weighted by atomic mass is 32.2. The summed E-state index contributed by atoms with van der Waals surface area (Å²) in [5.41, 5.74) is 6.41. The number of aliphatic hydroxyl groups is 2. The number of fused-ring (bicyclic) bond motifs is 1. The second kappa shape index (κ2) is 11.2. The van der Waals surface area contributed by atoms with Gasteiger partial charge in [0.25, 0.3) is 0 Å². The van der Waals surface area contributed by atoms with Crippen LogP contribution < -0.4 is 20.5 Å². The summed E-state index contributed by atoms with van der Waals surface area (Å²) in [6.07, 6.45) is -3.04. The van der Waals surface area contributed by atoms with Crippen molar-refractivity contribution in [1.29, 1.82) is 0 Å². The number of piperazine rings is 1. The fraction of sp³-hybridized carbons (Fsp3) is 0.684. The fourth-order valence-electron chi connectivity index (χ4n) is 4.24. The minimum Gasteiger partial charge on any atom is -0.447 e. The Kier molecular flexibility index (Phi) is 8.18. The molecule has 17 heteroatoms. The first-order chi connectivity index (χ1) is 17.2. The van der Waals surface area contributed by atoms with Crippen LogP contribution in [0, 0.1) is 0 Å². The highest BCUT2D eigenvalue weighted by molar-refractivity contribution is 7.88. The lowest BCUT2D eigenvalue weighted by molar-refractivity contribution is -0.0363. The molecule has 0 aromatic carbocycles. The highest BCUT2D eigenvalue weighted by Gasteiger charge is 2.44. The molecule has 2 aromatic rings. The van der Waals surface area contributed by atoms with E-state index < -0.39 is 40.8 Å². The van der Waals surface area contributed by atoms with Crippen LogP contribution in [0.2, 0.25) is 0 Å². The summed E-state index contributed by atoms with van der Waals surface area (Å²) in [5, 5.41) is 24.1. The van der Waals surface area contributed by atoms with Crippen molar-refractivity contribution < 1.29 is 32.9 Å². The van der Waals surface area contributed by atoms with Gasteiger partial charge < -0.3 is 30.7 Å². The van der Waals surface area contributed by atoms with Gasteiger partial charge in [-0.25, -0.2) is 24.5 Å². The third-order valence-corrected chi connectivity index (χ3v) is 7.21. The number of nitrogens with two attached hydrogens (primary N) is 1. The molecule has 4 heterocycles. The molecule has 0 bridgehead atoms. The third-order valence-electron chi connectivity index (χ3n) is 6.19. The number of nitrogens with zero attached hydrogens (tertiary/aromatic N) is 5. The Hall–Kier alpha value is -2.67. The Labute approximate surface area is 207 Å². The molecule has 7 N–H and O–H groups in total. The van der Waals surface area contributed by atoms with Crippen LogP contribution in [0.1, 0.15) is 19.6 Å². The van der Waals surface area contributed by atoms with Crippen molar-refractivity contribution in [3.05, 3.63) is 12.7 Å². The molecule has 0 aliphatic carbocycles. The van der Waals surface area contributed by atoms with E-state index in [-0.39, 0.29) is 25.4 Å². The number of hydrogen-bond acceptors (Lipinski definition) is 13. The van der Waals surface area contributed by atoms with Crippen LogP contribution in [0.3, 0.4) is 0 Å². The Morgan fingerprint density at radius 1 is 1.33 bits per heavy atom. The van der Waals surface area contributed by atoms with Gasteiger partial charge in [-0.2, -0.15) is 13.1 Å². The van der Waals surface area contributed by atoms with Crippen molar-refractivity contribution >= 4 is 33.3 Å². The minimum absolute atomic E-state index is 0.00925. The van der Waals surface area contributed by atoms with Crippen LogP contribution in [-0.4, -0.2) is 113 Å². The van der Waals surface area contributed by atoms with E-state index in [0.717, 1.165) is 19.6 Å². The van der Waals surface area contributed by atoms with Gasteiger partial charge in [-0.1, -0.05) is 0 Å². The summed E-state index contributed by atoms with van der Waals surface area (Å²) in [7, 11) is -4.20. The molecule has 2 aromatic heterocycles. The average Bonchev–Trinajstić information content (AvgIpc) is 3.37. The lowest BCUT2D eigenvalue weighted by Crippen LogP contribution is -2.51. The zero-order valence-electron chi connectivity index (χ0n) is 19.6. The van der Waals surface area contributed by atoms with Crippen molar-refractivity contribution in [3.63, 3.8) is 0 Å². The molecule has 16 nitrogen and oxygen atoms in total. The molecular formula is C19H31N9O7S. The van der Waals surface area contributed by atoms with Gasteiger partial charge in [0.15, 0.2) is 17.7 Å². The molecule has 0 radical (unpaired) electrons. The topological polar surface area (TPSA) is 219 Å². The summed E-state index contributed by atoms with van der Waals surface area (Å²) in [4.78, 5) is 26.1. The van der Waals surface area contributed by atoms with Crippen molar-refractivity contribution in [1.82, 2.24) is 39.2 Å². The molecule has 4 rings (SSSR count). The third kappa shape index (κ3) is 6.00. The zero-order valence-corrected chi connectivity index (χ0v) is 20.5. The summed E-state index contributed by atoms with van der Waals surface area (Å²) in [6.45, 7) is 4.91. The van der Waals surface area contributed by atoms with Gasteiger partial charge in [0.1, 0.15) is 30.7 Å². The molecule has 1 amide bonds. The number of imidazole rings is 1. The average molecular weight is 530 g/mol. The van der Waals surface area contributed by atoms with E-state index in [9.17, 15) is 23.4 Å². The largest absolute Gasteiger partial charge is 0.447 e. The van der Waals surface area contributed by atoms with Gasteiger partial charge in [0, 0.05) is 38.8 Å². The van der Waals surface area contributed by atoms with Crippen LogP contribution in [0.5, 0.6) is 0 Å². The number of aliphatic hydroxyl groups excluding tert-OH is 2. The van der Waals surface area contributed by atoms with E-state index >= 15 is 0 Å². The number of carbonyl (C=O) groups excluding carboxylic acids is 1. The van der Waals surface area contributed by atoms with Gasteiger partial charge in [0.05, 0.1) is 12.4 Å². The fourth-order valence-corrected chi connectivity index (χ4v) is 4.97. The number of nitrogen functional groups attached to an aromatic ring is 1. The first kappa shape index (κ1) is 26.4. The van der Waals surface area contributed by atoms with Crippen molar-refractivity contribution in [2.24, 2.45) is 0 Å². The van der Waals surface area contributed by atoms with E-state index in [2.05, 4.69) is 36.8 Å². The summed E-state index contributed by atoms with van der Waals surface area (Å²) >= 11 is 0. The molecular weight excluding hydrogens is 498 g/mol. The maximum Gasteiger partial charge on any atom is 0.421 e. The van der Waals surface area contributed by atoms with E-state index in [1.165, 1.54) is 17.2 Å². The SMILES string of the molecule is CC1CNCCN1CCOC(=O)NS(=O)(=O)NCC[C@H]1O[C@@H](n2cnc3c(N)ncnc32)[C@H](O)[C@@H]1O. The molecule has 2 fully saturated rings. The molecule has 1 unspecified atom stereocenters. The van der Waals surface area contributed by atoms with Crippen LogP contribution >= 0.6 is 0 Å². The Morgan fingerprint density at radius 3 is 2.92 bits per heavy atom. The molecule has 2 aliphatic heterocycles.